The minimum absolute atomic E-state index is 0.123. The van der Waals surface area contributed by atoms with Crippen LogP contribution in [0.15, 0.2) is 0 Å². The summed E-state index contributed by atoms with van der Waals surface area (Å²) >= 11 is 0. The molecule has 0 aromatic rings. The Bertz CT molecular complexity index is 421. The van der Waals surface area contributed by atoms with Gasteiger partial charge in [0, 0.05) is 6.42 Å². The Balaban J connectivity index is 3.75. The first-order chi connectivity index (χ1) is 11.0. The van der Waals surface area contributed by atoms with Crippen LogP contribution in [0.25, 0.3) is 0 Å². The second-order valence-corrected chi connectivity index (χ2v) is 7.56. The van der Waals surface area contributed by atoms with E-state index in [1.54, 1.807) is 0 Å². The molecular formula is C15H27F5O3S. The second-order valence-electron chi connectivity index (χ2n) is 5.95. The van der Waals surface area contributed by atoms with E-state index >= 15 is 0 Å². The van der Waals surface area contributed by atoms with Crippen LogP contribution in [0.4, 0.5) is 22.0 Å². The van der Waals surface area contributed by atoms with Crippen molar-refractivity contribution in [2.45, 2.75) is 89.0 Å². The van der Waals surface area contributed by atoms with Crippen molar-refractivity contribution in [1.82, 2.24) is 0 Å². The third-order valence-corrected chi connectivity index (χ3v) is 4.60. The number of hydrogen-bond donors (Lipinski definition) is 0. The predicted molar refractivity (Wildman–Crippen MR) is 82.3 cm³/mol. The number of unbranched alkanes of at least 4 members (excludes halogenated alkanes) is 9. The molecule has 0 atom stereocenters. The van der Waals surface area contributed by atoms with E-state index in [0.717, 1.165) is 25.7 Å². The van der Waals surface area contributed by atoms with Crippen molar-refractivity contribution in [1.29, 1.82) is 0 Å². The van der Waals surface area contributed by atoms with Crippen LogP contribution in [0.5, 0.6) is 0 Å². The molecule has 146 valence electrons. The molecule has 0 saturated heterocycles. The molecule has 0 aromatic heterocycles. The van der Waals surface area contributed by atoms with Gasteiger partial charge in [-0.25, -0.2) is 8.78 Å². The normalized spacial score (nSPS) is 13.4. The van der Waals surface area contributed by atoms with E-state index in [1.165, 1.54) is 25.7 Å². The zero-order valence-electron chi connectivity index (χ0n) is 14.0. The van der Waals surface area contributed by atoms with Crippen molar-refractivity contribution < 1.29 is 34.6 Å². The van der Waals surface area contributed by atoms with Crippen LogP contribution in [0.3, 0.4) is 0 Å². The summed E-state index contributed by atoms with van der Waals surface area (Å²) in [6, 6.07) is 0. The van der Waals surface area contributed by atoms with Gasteiger partial charge in [-0.2, -0.15) is 21.6 Å². The van der Waals surface area contributed by atoms with Crippen LogP contribution in [-0.4, -0.2) is 26.5 Å². The lowest BCUT2D eigenvalue weighted by Crippen LogP contribution is -2.32. The second kappa shape index (κ2) is 11.2. The fourth-order valence-corrected chi connectivity index (χ4v) is 2.64. The molecule has 0 heterocycles. The first-order valence-electron chi connectivity index (χ1n) is 8.35. The summed E-state index contributed by atoms with van der Waals surface area (Å²) < 4.78 is 87.1. The molecule has 24 heavy (non-hydrogen) atoms. The van der Waals surface area contributed by atoms with Gasteiger partial charge in [0.05, 0.1) is 0 Å². The van der Waals surface area contributed by atoms with Gasteiger partial charge in [-0.05, 0) is 6.42 Å². The van der Waals surface area contributed by atoms with Gasteiger partial charge in [-0.15, -0.1) is 0 Å². The highest BCUT2D eigenvalue weighted by Crippen LogP contribution is 2.28. The summed E-state index contributed by atoms with van der Waals surface area (Å²) in [7, 11) is -5.96. The average Bonchev–Trinajstić information content (AvgIpc) is 2.46. The molecule has 0 rings (SSSR count). The topological polar surface area (TPSA) is 43.4 Å². The van der Waals surface area contributed by atoms with E-state index in [2.05, 4.69) is 11.1 Å². The van der Waals surface area contributed by atoms with E-state index in [4.69, 9.17) is 0 Å². The maximum absolute atomic E-state index is 13.3. The zero-order chi connectivity index (χ0) is 18.7. The maximum atomic E-state index is 13.3. The first-order valence-corrected chi connectivity index (χ1v) is 9.76. The highest BCUT2D eigenvalue weighted by Gasteiger charge is 2.48. The predicted octanol–water partition coefficient (Wildman–Crippen LogP) is 5.80. The van der Waals surface area contributed by atoms with E-state index < -0.39 is 34.6 Å². The van der Waals surface area contributed by atoms with Gasteiger partial charge >= 0.3 is 15.6 Å². The van der Waals surface area contributed by atoms with Crippen molar-refractivity contribution in [3.8, 4) is 0 Å². The molecule has 0 unspecified atom stereocenters. The highest BCUT2D eigenvalue weighted by molar-refractivity contribution is 7.87. The van der Waals surface area contributed by atoms with Gasteiger partial charge in [0.15, 0.2) is 0 Å². The van der Waals surface area contributed by atoms with Crippen molar-refractivity contribution in [2.75, 3.05) is 6.61 Å². The monoisotopic (exact) mass is 382 g/mol. The first kappa shape index (κ1) is 23.6. The number of halogens is 5. The number of rotatable bonds is 14. The van der Waals surface area contributed by atoms with Gasteiger partial charge < -0.3 is 0 Å². The highest BCUT2D eigenvalue weighted by atomic mass is 32.2. The molecule has 0 saturated carbocycles. The molecule has 0 N–H and O–H groups in total. The Morgan fingerprint density at radius 2 is 1.17 bits per heavy atom. The van der Waals surface area contributed by atoms with E-state index in [9.17, 15) is 30.4 Å². The lowest BCUT2D eigenvalue weighted by molar-refractivity contribution is -0.0751. The SMILES string of the molecule is CCCCCCCCCCCCC(F)(F)COS(=O)(=O)C(F)(F)F. The Labute approximate surface area is 141 Å². The third-order valence-electron chi connectivity index (χ3n) is 3.60. The lowest BCUT2D eigenvalue weighted by Gasteiger charge is -2.16. The molecule has 9 heteroatoms. The summed E-state index contributed by atoms with van der Waals surface area (Å²) in [6.07, 6.45) is 8.67. The van der Waals surface area contributed by atoms with Crippen LogP contribution < -0.4 is 0 Å². The minimum atomic E-state index is -5.96. The molecule has 3 nitrogen and oxygen atoms in total. The average molecular weight is 382 g/mol. The molecule has 0 spiro atoms. The Morgan fingerprint density at radius 1 is 0.750 bits per heavy atom. The quantitative estimate of drug-likeness (QED) is 0.165. The van der Waals surface area contributed by atoms with E-state index in [0.29, 0.717) is 6.42 Å². The van der Waals surface area contributed by atoms with Crippen LogP contribution in [0.1, 0.15) is 77.6 Å². The molecule has 0 aliphatic carbocycles. The van der Waals surface area contributed by atoms with Crippen molar-refractivity contribution in [2.24, 2.45) is 0 Å². The maximum Gasteiger partial charge on any atom is 0.523 e. The van der Waals surface area contributed by atoms with Gasteiger partial charge in [-0.3, -0.25) is 4.18 Å². The molecule has 0 aliphatic rings. The molecule has 0 aromatic carbocycles. The molecule has 0 aliphatic heterocycles. The van der Waals surface area contributed by atoms with Gasteiger partial charge in [0.2, 0.25) is 0 Å². The Hall–Kier alpha value is -0.440. The largest absolute Gasteiger partial charge is 0.523 e. The van der Waals surface area contributed by atoms with E-state index in [-0.39, 0.29) is 6.42 Å². The van der Waals surface area contributed by atoms with Crippen LogP contribution in [0, 0.1) is 0 Å². The third kappa shape index (κ3) is 11.2. The number of alkyl halides is 5. The van der Waals surface area contributed by atoms with E-state index in [1.807, 2.05) is 0 Å². The van der Waals surface area contributed by atoms with Crippen molar-refractivity contribution >= 4 is 10.1 Å². The smallest absolute Gasteiger partial charge is 0.257 e. The molecule has 0 amide bonds. The van der Waals surface area contributed by atoms with Crippen LogP contribution in [0.2, 0.25) is 0 Å². The molecule has 0 bridgehead atoms. The molecule has 0 fully saturated rings. The lowest BCUT2D eigenvalue weighted by atomic mass is 10.0. The van der Waals surface area contributed by atoms with Gasteiger partial charge in [-0.1, -0.05) is 64.7 Å². The van der Waals surface area contributed by atoms with Crippen molar-refractivity contribution in [3.63, 3.8) is 0 Å². The van der Waals surface area contributed by atoms with Crippen LogP contribution in [-0.2, 0) is 14.3 Å². The minimum Gasteiger partial charge on any atom is -0.257 e. The number of hydrogen-bond acceptors (Lipinski definition) is 3. The fourth-order valence-electron chi connectivity index (χ4n) is 2.17. The van der Waals surface area contributed by atoms with Crippen molar-refractivity contribution in [3.05, 3.63) is 0 Å². The Kier molecular flexibility index (Phi) is 11.0. The fraction of sp³-hybridized carbons (Fsp3) is 1.00. The zero-order valence-corrected chi connectivity index (χ0v) is 14.8. The summed E-state index contributed by atoms with van der Waals surface area (Å²) in [4.78, 5) is 0. The standard InChI is InChI=1S/C15H27F5O3S/c1-2-3-4-5-6-7-8-9-10-11-12-14(16,17)13-23-24(21,22)15(18,19)20/h2-13H2,1H3. The summed E-state index contributed by atoms with van der Waals surface area (Å²) in [5.74, 6) is -3.58. The summed E-state index contributed by atoms with van der Waals surface area (Å²) in [6.45, 7) is 0.367. The van der Waals surface area contributed by atoms with Gasteiger partial charge in [0.1, 0.15) is 6.61 Å². The van der Waals surface area contributed by atoms with Gasteiger partial charge in [0.25, 0.3) is 5.92 Å². The van der Waals surface area contributed by atoms with Crippen LogP contribution >= 0.6 is 0 Å². The Morgan fingerprint density at radius 3 is 1.58 bits per heavy atom. The molecule has 0 radical (unpaired) electrons. The summed E-state index contributed by atoms with van der Waals surface area (Å²) in [5, 5.41) is 0. The molecular weight excluding hydrogens is 355 g/mol. The summed E-state index contributed by atoms with van der Waals surface area (Å²) in [5.41, 5.74) is -5.68.